The first-order valence-corrected chi connectivity index (χ1v) is 3.35. The highest BCUT2D eigenvalue weighted by molar-refractivity contribution is 5.38. The molecule has 0 spiro atoms. The van der Waals surface area contributed by atoms with Crippen molar-refractivity contribution in [2.75, 3.05) is 6.61 Å². The summed E-state index contributed by atoms with van der Waals surface area (Å²) in [4.78, 5) is 0. The second kappa shape index (κ2) is 1.99. The molecule has 0 radical (unpaired) electrons. The molecule has 0 amide bonds. The van der Waals surface area contributed by atoms with Crippen molar-refractivity contribution >= 4 is 0 Å². The Morgan fingerprint density at radius 1 is 1.40 bits per heavy atom. The minimum absolute atomic E-state index is 0.0798. The summed E-state index contributed by atoms with van der Waals surface area (Å²) in [6.07, 6.45) is 0. The molecule has 0 fully saturated rings. The van der Waals surface area contributed by atoms with Gasteiger partial charge in [-0.2, -0.15) is 0 Å². The third kappa shape index (κ3) is 0.693. The molecule has 2 nitrogen and oxygen atoms in total. The molecule has 2 heteroatoms. The number of ether oxygens (including phenoxy) is 1. The molecule has 0 saturated heterocycles. The first-order chi connectivity index (χ1) is 4.88. The van der Waals surface area contributed by atoms with E-state index in [-0.39, 0.29) is 6.04 Å². The Morgan fingerprint density at radius 3 is 3.00 bits per heavy atom. The van der Waals surface area contributed by atoms with Gasteiger partial charge in [-0.25, -0.2) is 0 Å². The van der Waals surface area contributed by atoms with Gasteiger partial charge in [-0.3, -0.25) is 0 Å². The van der Waals surface area contributed by atoms with E-state index in [0.29, 0.717) is 6.61 Å². The van der Waals surface area contributed by atoms with Crippen molar-refractivity contribution in [1.82, 2.24) is 0 Å². The molecule has 2 rings (SSSR count). The Kier molecular flexibility index (Phi) is 1.14. The molecule has 0 bridgehead atoms. The first-order valence-electron chi connectivity index (χ1n) is 3.35. The van der Waals surface area contributed by atoms with Crippen LogP contribution in [0.5, 0.6) is 5.75 Å². The van der Waals surface area contributed by atoms with E-state index in [1.807, 2.05) is 24.3 Å². The standard InChI is InChI=1S/C8H9NO/c9-7-5-10-8-4-2-1-3-6(7)8/h1-4,7H,5,9H2/t7-/m1/s1. The molecule has 0 saturated carbocycles. The molecule has 0 aromatic heterocycles. The second-order valence-corrected chi connectivity index (χ2v) is 2.46. The Hall–Kier alpha value is -1.02. The van der Waals surface area contributed by atoms with Crippen LogP contribution in [-0.2, 0) is 0 Å². The Balaban J connectivity index is 2.51. The van der Waals surface area contributed by atoms with Crippen molar-refractivity contribution in [3.8, 4) is 5.75 Å². The van der Waals surface area contributed by atoms with Crippen LogP contribution in [0.4, 0.5) is 0 Å². The molecular formula is C8H9NO. The lowest BCUT2D eigenvalue weighted by Gasteiger charge is -1.96. The zero-order valence-corrected chi connectivity index (χ0v) is 5.58. The van der Waals surface area contributed by atoms with Gasteiger partial charge in [0, 0.05) is 5.56 Å². The highest BCUT2D eigenvalue weighted by atomic mass is 16.5. The van der Waals surface area contributed by atoms with Crippen molar-refractivity contribution < 1.29 is 4.74 Å². The molecule has 0 aliphatic carbocycles. The van der Waals surface area contributed by atoms with Crippen molar-refractivity contribution in [3.05, 3.63) is 29.8 Å². The quantitative estimate of drug-likeness (QED) is 0.577. The molecule has 1 aliphatic heterocycles. The molecule has 1 atom stereocenters. The van der Waals surface area contributed by atoms with Crippen LogP contribution in [0.3, 0.4) is 0 Å². The molecule has 52 valence electrons. The van der Waals surface area contributed by atoms with E-state index < -0.39 is 0 Å². The van der Waals surface area contributed by atoms with Gasteiger partial charge in [0.05, 0.1) is 6.04 Å². The number of fused-ring (bicyclic) bond motifs is 1. The van der Waals surface area contributed by atoms with Crippen molar-refractivity contribution in [2.45, 2.75) is 6.04 Å². The molecule has 1 aromatic rings. The fourth-order valence-corrected chi connectivity index (χ4v) is 1.19. The second-order valence-electron chi connectivity index (χ2n) is 2.46. The minimum Gasteiger partial charge on any atom is -0.491 e. The van der Waals surface area contributed by atoms with Crippen LogP contribution in [0.25, 0.3) is 0 Å². The van der Waals surface area contributed by atoms with Crippen LogP contribution in [0.1, 0.15) is 11.6 Å². The summed E-state index contributed by atoms with van der Waals surface area (Å²) in [7, 11) is 0. The molecule has 1 heterocycles. The molecular weight excluding hydrogens is 126 g/mol. The summed E-state index contributed by atoms with van der Waals surface area (Å²) >= 11 is 0. The molecule has 0 unspecified atom stereocenters. The van der Waals surface area contributed by atoms with Gasteiger partial charge in [-0.1, -0.05) is 18.2 Å². The van der Waals surface area contributed by atoms with Gasteiger partial charge in [0.15, 0.2) is 0 Å². The summed E-state index contributed by atoms with van der Waals surface area (Å²) < 4.78 is 5.29. The smallest absolute Gasteiger partial charge is 0.124 e. The largest absolute Gasteiger partial charge is 0.491 e. The number of rotatable bonds is 0. The predicted octanol–water partition coefficient (Wildman–Crippen LogP) is 1.08. The summed E-state index contributed by atoms with van der Waals surface area (Å²) in [6, 6.07) is 7.97. The van der Waals surface area contributed by atoms with E-state index in [1.165, 1.54) is 0 Å². The average molecular weight is 135 g/mol. The van der Waals surface area contributed by atoms with Crippen LogP contribution >= 0.6 is 0 Å². The van der Waals surface area contributed by atoms with Gasteiger partial charge < -0.3 is 10.5 Å². The van der Waals surface area contributed by atoms with Gasteiger partial charge in [-0.15, -0.1) is 0 Å². The summed E-state index contributed by atoms with van der Waals surface area (Å²) in [5.41, 5.74) is 6.85. The lowest BCUT2D eigenvalue weighted by molar-refractivity contribution is 0.333. The van der Waals surface area contributed by atoms with E-state index in [0.717, 1.165) is 11.3 Å². The van der Waals surface area contributed by atoms with E-state index >= 15 is 0 Å². The number of hydrogen-bond donors (Lipinski definition) is 1. The lowest BCUT2D eigenvalue weighted by atomic mass is 10.1. The fourth-order valence-electron chi connectivity index (χ4n) is 1.19. The monoisotopic (exact) mass is 135 g/mol. The van der Waals surface area contributed by atoms with Crippen LogP contribution < -0.4 is 10.5 Å². The van der Waals surface area contributed by atoms with Crippen LogP contribution in [-0.4, -0.2) is 6.61 Å². The Morgan fingerprint density at radius 2 is 2.20 bits per heavy atom. The zero-order valence-electron chi connectivity index (χ0n) is 5.58. The molecule has 2 N–H and O–H groups in total. The molecule has 1 aliphatic rings. The third-order valence-corrected chi connectivity index (χ3v) is 1.74. The van der Waals surface area contributed by atoms with E-state index in [1.54, 1.807) is 0 Å². The normalized spacial score (nSPS) is 21.9. The average Bonchev–Trinajstić information content (AvgIpc) is 2.34. The maximum absolute atomic E-state index is 5.72. The zero-order chi connectivity index (χ0) is 6.97. The maximum Gasteiger partial charge on any atom is 0.124 e. The SMILES string of the molecule is N[C@@H]1COc2ccccc21. The molecule has 1 aromatic carbocycles. The van der Waals surface area contributed by atoms with Gasteiger partial charge in [0.1, 0.15) is 12.4 Å². The first kappa shape index (κ1) is 5.74. The number of para-hydroxylation sites is 1. The van der Waals surface area contributed by atoms with Gasteiger partial charge in [0.25, 0.3) is 0 Å². The fraction of sp³-hybridized carbons (Fsp3) is 0.250. The highest BCUT2D eigenvalue weighted by Gasteiger charge is 2.18. The van der Waals surface area contributed by atoms with E-state index in [9.17, 15) is 0 Å². The van der Waals surface area contributed by atoms with E-state index in [2.05, 4.69) is 0 Å². The third-order valence-electron chi connectivity index (χ3n) is 1.74. The highest BCUT2D eigenvalue weighted by Crippen LogP contribution is 2.29. The van der Waals surface area contributed by atoms with Crippen molar-refractivity contribution in [1.29, 1.82) is 0 Å². The van der Waals surface area contributed by atoms with Crippen LogP contribution in [0.15, 0.2) is 24.3 Å². The minimum atomic E-state index is 0.0798. The van der Waals surface area contributed by atoms with Gasteiger partial charge in [-0.05, 0) is 6.07 Å². The van der Waals surface area contributed by atoms with Crippen LogP contribution in [0, 0.1) is 0 Å². The predicted molar refractivity (Wildman–Crippen MR) is 38.9 cm³/mol. The maximum atomic E-state index is 5.72. The number of benzene rings is 1. The van der Waals surface area contributed by atoms with Crippen molar-refractivity contribution in [3.63, 3.8) is 0 Å². The van der Waals surface area contributed by atoms with Crippen LogP contribution in [0.2, 0.25) is 0 Å². The Bertz CT molecular complexity index is 247. The lowest BCUT2D eigenvalue weighted by Crippen LogP contribution is -2.10. The Labute approximate surface area is 59.6 Å². The van der Waals surface area contributed by atoms with Crippen molar-refractivity contribution in [2.24, 2.45) is 5.73 Å². The number of nitrogens with two attached hydrogens (primary N) is 1. The summed E-state index contributed by atoms with van der Waals surface area (Å²) in [5, 5.41) is 0. The summed E-state index contributed by atoms with van der Waals surface area (Å²) in [6.45, 7) is 0.624. The van der Waals surface area contributed by atoms with Gasteiger partial charge in [0.2, 0.25) is 0 Å². The van der Waals surface area contributed by atoms with Gasteiger partial charge >= 0.3 is 0 Å². The van der Waals surface area contributed by atoms with E-state index in [4.69, 9.17) is 10.5 Å². The topological polar surface area (TPSA) is 35.2 Å². The summed E-state index contributed by atoms with van der Waals surface area (Å²) in [5.74, 6) is 0.940. The number of hydrogen-bond acceptors (Lipinski definition) is 2. The molecule has 10 heavy (non-hydrogen) atoms.